The van der Waals surface area contributed by atoms with Crippen LogP contribution in [0.5, 0.6) is 11.5 Å². The van der Waals surface area contributed by atoms with Crippen molar-refractivity contribution in [1.82, 2.24) is 4.90 Å². The molecule has 0 radical (unpaired) electrons. The maximum atomic E-state index is 13.2. The van der Waals surface area contributed by atoms with Crippen molar-refractivity contribution in [3.05, 3.63) is 90.0 Å². The number of rotatable bonds is 6. The predicted octanol–water partition coefficient (Wildman–Crippen LogP) is 2.95. The Morgan fingerprint density at radius 2 is 1.50 bits per heavy atom. The highest BCUT2D eigenvalue weighted by Crippen LogP contribution is 2.33. The van der Waals surface area contributed by atoms with Crippen LogP contribution in [0.3, 0.4) is 0 Å². The van der Waals surface area contributed by atoms with Gasteiger partial charge in [0, 0.05) is 24.2 Å². The molecule has 0 bridgehead atoms. The van der Waals surface area contributed by atoms with Crippen molar-refractivity contribution in [3.63, 3.8) is 0 Å². The summed E-state index contributed by atoms with van der Waals surface area (Å²) in [5, 5.41) is 0. The minimum atomic E-state index is -0.801. The Balaban J connectivity index is 1.25. The smallest absolute Gasteiger partial charge is 0.265 e. The van der Waals surface area contributed by atoms with Crippen molar-refractivity contribution in [2.75, 3.05) is 44.4 Å². The normalized spacial score (nSPS) is 17.1. The molecule has 1 atom stereocenters. The number of benzene rings is 3. The highest BCUT2D eigenvalue weighted by molar-refractivity contribution is 6.09. The lowest BCUT2D eigenvalue weighted by atomic mass is 10.0. The summed E-state index contributed by atoms with van der Waals surface area (Å²) in [6, 6.07) is 22.9. The first-order valence-electron chi connectivity index (χ1n) is 11.9. The maximum absolute atomic E-state index is 13.2. The molecule has 1 fully saturated rings. The number of anilines is 1. The van der Waals surface area contributed by atoms with Crippen LogP contribution in [-0.2, 0) is 14.3 Å². The first-order valence-corrected chi connectivity index (χ1v) is 11.9. The van der Waals surface area contributed by atoms with Gasteiger partial charge in [-0.3, -0.25) is 14.4 Å². The van der Waals surface area contributed by atoms with Crippen LogP contribution in [0.25, 0.3) is 0 Å². The number of fused-ring (bicyclic) bond motifs is 1. The van der Waals surface area contributed by atoms with E-state index in [0.717, 1.165) is 0 Å². The van der Waals surface area contributed by atoms with E-state index >= 15 is 0 Å². The van der Waals surface area contributed by atoms with Gasteiger partial charge in [0.1, 0.15) is 11.5 Å². The maximum Gasteiger partial charge on any atom is 0.265 e. The second-order valence-corrected chi connectivity index (χ2v) is 8.52. The summed E-state index contributed by atoms with van der Waals surface area (Å²) in [4.78, 5) is 42.1. The average Bonchev–Trinajstić information content (AvgIpc) is 2.95. The van der Waals surface area contributed by atoms with E-state index in [1.165, 1.54) is 4.90 Å². The van der Waals surface area contributed by atoms with Crippen molar-refractivity contribution in [2.45, 2.75) is 6.10 Å². The fraction of sp³-hybridized carbons (Fsp3) is 0.250. The van der Waals surface area contributed by atoms with Gasteiger partial charge in [-0.05, 0) is 36.4 Å². The quantitative estimate of drug-likeness (QED) is 0.498. The lowest BCUT2D eigenvalue weighted by Crippen LogP contribution is -2.54. The molecule has 2 aliphatic rings. The number of nitrogens with zero attached hydrogens (tertiary/aromatic N) is 2. The largest absolute Gasteiger partial charge is 0.484 e. The molecule has 5 rings (SSSR count). The molecule has 0 aliphatic carbocycles. The van der Waals surface area contributed by atoms with Crippen LogP contribution in [0.2, 0.25) is 0 Å². The van der Waals surface area contributed by atoms with E-state index in [-0.39, 0.29) is 30.7 Å². The van der Waals surface area contributed by atoms with Crippen molar-refractivity contribution < 1.29 is 28.6 Å². The van der Waals surface area contributed by atoms with Crippen molar-refractivity contribution >= 4 is 23.3 Å². The van der Waals surface area contributed by atoms with E-state index in [4.69, 9.17) is 14.2 Å². The van der Waals surface area contributed by atoms with Crippen LogP contribution in [0, 0.1) is 0 Å². The number of para-hydroxylation sites is 2. The van der Waals surface area contributed by atoms with Crippen LogP contribution in [0.15, 0.2) is 78.9 Å². The summed E-state index contributed by atoms with van der Waals surface area (Å²) in [6.07, 6.45) is -0.801. The van der Waals surface area contributed by atoms with E-state index in [9.17, 15) is 14.4 Å². The minimum absolute atomic E-state index is 0.0841. The summed E-state index contributed by atoms with van der Waals surface area (Å²) in [6.45, 7) is 1.85. The Hall–Kier alpha value is -4.17. The van der Waals surface area contributed by atoms with E-state index in [1.807, 2.05) is 24.3 Å². The summed E-state index contributed by atoms with van der Waals surface area (Å²) >= 11 is 0. The summed E-state index contributed by atoms with van der Waals surface area (Å²) in [5.41, 5.74) is 1.74. The fourth-order valence-electron chi connectivity index (χ4n) is 4.27. The van der Waals surface area contributed by atoms with E-state index < -0.39 is 6.10 Å². The molecule has 2 heterocycles. The zero-order chi connectivity index (χ0) is 24.9. The lowest BCUT2D eigenvalue weighted by molar-refractivity contribution is -0.142. The molecule has 0 aromatic heterocycles. The molecule has 184 valence electrons. The third-order valence-corrected chi connectivity index (χ3v) is 6.19. The minimum Gasteiger partial charge on any atom is -0.484 e. The molecule has 3 aromatic rings. The zero-order valence-electron chi connectivity index (χ0n) is 19.7. The van der Waals surface area contributed by atoms with Crippen LogP contribution < -0.4 is 14.4 Å². The number of carbonyl (C=O) groups is 3. The first kappa shape index (κ1) is 23.6. The van der Waals surface area contributed by atoms with Crippen molar-refractivity contribution in [2.24, 2.45) is 0 Å². The molecule has 2 aliphatic heterocycles. The van der Waals surface area contributed by atoms with Crippen LogP contribution in [-0.4, -0.2) is 68.1 Å². The predicted molar refractivity (Wildman–Crippen MR) is 132 cm³/mol. The second kappa shape index (κ2) is 10.6. The Morgan fingerprint density at radius 3 is 2.25 bits per heavy atom. The molecule has 3 aromatic carbocycles. The molecular formula is C28H26N2O6. The lowest BCUT2D eigenvalue weighted by Gasteiger charge is -2.37. The molecule has 36 heavy (non-hydrogen) atoms. The van der Waals surface area contributed by atoms with Crippen molar-refractivity contribution in [1.29, 1.82) is 0 Å². The van der Waals surface area contributed by atoms with Gasteiger partial charge in [0.15, 0.2) is 18.5 Å². The monoisotopic (exact) mass is 486 g/mol. The highest BCUT2D eigenvalue weighted by Gasteiger charge is 2.36. The topological polar surface area (TPSA) is 85.4 Å². The van der Waals surface area contributed by atoms with Crippen LogP contribution in [0.4, 0.5) is 5.69 Å². The van der Waals surface area contributed by atoms with Gasteiger partial charge in [-0.15, -0.1) is 0 Å². The molecule has 0 saturated carbocycles. The Labute approximate surface area is 209 Å². The number of ether oxygens (including phenoxy) is 3. The van der Waals surface area contributed by atoms with Crippen LogP contribution in [0.1, 0.15) is 15.9 Å². The fourth-order valence-corrected chi connectivity index (χ4v) is 4.27. The van der Waals surface area contributed by atoms with E-state index in [1.54, 1.807) is 59.5 Å². The number of hydrogen-bond donors (Lipinski definition) is 0. The SMILES string of the molecule is O=C(c1ccccc1)c1ccc(OCC(=O)N2C[C@H](C(=O)N3CCOCC3)Oc3ccccc32)cc1. The molecule has 2 amide bonds. The second-order valence-electron chi connectivity index (χ2n) is 8.52. The number of ketones is 1. The number of carbonyl (C=O) groups excluding carboxylic acids is 3. The average molecular weight is 487 g/mol. The molecule has 0 unspecified atom stereocenters. The first-order chi connectivity index (χ1) is 17.6. The Kier molecular flexibility index (Phi) is 6.95. The van der Waals surface area contributed by atoms with E-state index in [2.05, 4.69) is 0 Å². The van der Waals surface area contributed by atoms with Gasteiger partial charge in [-0.1, -0.05) is 42.5 Å². The summed E-state index contributed by atoms with van der Waals surface area (Å²) in [7, 11) is 0. The van der Waals surface area contributed by atoms with Gasteiger partial charge >= 0.3 is 0 Å². The van der Waals surface area contributed by atoms with Gasteiger partial charge in [0.2, 0.25) is 0 Å². The molecule has 1 saturated heterocycles. The third kappa shape index (κ3) is 5.08. The van der Waals surface area contributed by atoms with Crippen molar-refractivity contribution in [3.8, 4) is 11.5 Å². The number of morpholine rings is 1. The Bertz CT molecular complexity index is 1240. The number of hydrogen-bond acceptors (Lipinski definition) is 6. The van der Waals surface area contributed by atoms with E-state index in [0.29, 0.717) is 54.6 Å². The van der Waals surface area contributed by atoms with Crippen LogP contribution >= 0.6 is 0 Å². The number of amides is 2. The molecule has 0 N–H and O–H groups in total. The van der Waals surface area contributed by atoms with Gasteiger partial charge in [0.05, 0.1) is 25.4 Å². The van der Waals surface area contributed by atoms with Gasteiger partial charge in [-0.2, -0.15) is 0 Å². The standard InChI is InChI=1S/C28H26N2O6/c31-26(19-35-22-12-10-21(11-13-22)27(32)20-6-2-1-3-7-20)30-18-25(28(33)29-14-16-34-17-15-29)36-24-9-5-4-8-23(24)30/h1-13,25H,14-19H2/t25-/m1/s1. The third-order valence-electron chi connectivity index (χ3n) is 6.19. The summed E-state index contributed by atoms with van der Waals surface area (Å²) in [5.74, 6) is 0.405. The van der Waals surface area contributed by atoms with Gasteiger partial charge in [-0.25, -0.2) is 0 Å². The van der Waals surface area contributed by atoms with Gasteiger partial charge < -0.3 is 24.0 Å². The molecular weight excluding hydrogens is 460 g/mol. The summed E-state index contributed by atoms with van der Waals surface area (Å²) < 4.78 is 17.0. The Morgan fingerprint density at radius 1 is 0.833 bits per heavy atom. The highest BCUT2D eigenvalue weighted by atomic mass is 16.5. The van der Waals surface area contributed by atoms with Gasteiger partial charge in [0.25, 0.3) is 11.8 Å². The zero-order valence-corrected chi connectivity index (χ0v) is 19.7. The molecule has 8 heteroatoms. The molecule has 0 spiro atoms. The molecule has 8 nitrogen and oxygen atoms in total.